The number of carbonyl (C=O) groups excluding carboxylic acids is 1. The minimum Gasteiger partial charge on any atom is -0.467 e. The van der Waals surface area contributed by atoms with Gasteiger partial charge in [-0.25, -0.2) is 9.18 Å². The quantitative estimate of drug-likeness (QED) is 0.488. The van der Waals surface area contributed by atoms with E-state index in [0.717, 1.165) is 7.11 Å². The van der Waals surface area contributed by atoms with Crippen molar-refractivity contribution in [2.45, 2.75) is 18.7 Å². The molecule has 0 heterocycles. The third-order valence-corrected chi connectivity index (χ3v) is 1.94. The van der Waals surface area contributed by atoms with E-state index in [4.69, 9.17) is 0 Å². The molecule has 3 nitrogen and oxygen atoms in total. The average Bonchev–Trinajstić information content (AvgIpc) is 2.48. The minimum atomic E-state index is -1.75. The van der Waals surface area contributed by atoms with Gasteiger partial charge in [-0.15, -0.1) is 0 Å². The second-order valence-electron chi connectivity index (χ2n) is 2.73. The third-order valence-electron chi connectivity index (χ3n) is 1.94. The van der Waals surface area contributed by atoms with Crippen LogP contribution in [0.25, 0.3) is 0 Å². The lowest BCUT2D eigenvalue weighted by Gasteiger charge is -2.15. The number of methoxy groups -OCH3 is 1. The fourth-order valence-electron chi connectivity index (χ4n) is 1.22. The van der Waals surface area contributed by atoms with Gasteiger partial charge in [-0.1, -0.05) is 12.2 Å². The summed E-state index contributed by atoms with van der Waals surface area (Å²) in [6.07, 6.45) is 1.03. The molecule has 4 heteroatoms. The lowest BCUT2D eigenvalue weighted by Crippen LogP contribution is -2.31. The molecule has 0 saturated heterocycles. The van der Waals surface area contributed by atoms with Gasteiger partial charge in [-0.2, -0.15) is 0 Å². The van der Waals surface area contributed by atoms with Crippen LogP contribution in [0.15, 0.2) is 12.2 Å². The number of rotatable bonds is 2. The van der Waals surface area contributed by atoms with Gasteiger partial charge in [0.05, 0.1) is 13.2 Å². The molecule has 0 unspecified atom stereocenters. The van der Waals surface area contributed by atoms with E-state index in [-0.39, 0.29) is 0 Å². The minimum absolute atomic E-state index is 0.405. The molecule has 1 aliphatic carbocycles. The topological polar surface area (TPSA) is 46.5 Å². The molecule has 0 aromatic carbocycles. The summed E-state index contributed by atoms with van der Waals surface area (Å²) in [5.41, 5.74) is 0. The number of carbonyl (C=O) groups is 1. The standard InChI is InChI=1S/C8H11FO3/c1-12-8(11)7(9)5-3-2-4-6(5)10/h2-3,5-7,10H,4H2,1H3/t5-,6-,7+/m1/s1. The molecule has 0 aromatic heterocycles. The Balaban J connectivity index is 2.57. The Morgan fingerprint density at radius 3 is 2.92 bits per heavy atom. The zero-order valence-electron chi connectivity index (χ0n) is 6.74. The first-order valence-electron chi connectivity index (χ1n) is 3.73. The zero-order chi connectivity index (χ0) is 9.14. The first kappa shape index (κ1) is 9.19. The van der Waals surface area contributed by atoms with Crippen molar-refractivity contribution in [1.29, 1.82) is 0 Å². The maximum Gasteiger partial charge on any atom is 0.341 e. The highest BCUT2D eigenvalue weighted by atomic mass is 19.1. The van der Waals surface area contributed by atoms with Gasteiger partial charge < -0.3 is 9.84 Å². The number of ether oxygens (including phenoxy) is 1. The van der Waals surface area contributed by atoms with Crippen molar-refractivity contribution >= 4 is 5.97 Å². The molecule has 0 bridgehead atoms. The Labute approximate surface area is 69.8 Å². The van der Waals surface area contributed by atoms with Crippen molar-refractivity contribution in [1.82, 2.24) is 0 Å². The van der Waals surface area contributed by atoms with Crippen LogP contribution in [-0.4, -0.2) is 30.5 Å². The van der Waals surface area contributed by atoms with Crippen LogP contribution in [0.2, 0.25) is 0 Å². The molecule has 12 heavy (non-hydrogen) atoms. The maximum atomic E-state index is 13.1. The van der Waals surface area contributed by atoms with Crippen molar-refractivity contribution in [2.24, 2.45) is 5.92 Å². The fourth-order valence-corrected chi connectivity index (χ4v) is 1.22. The van der Waals surface area contributed by atoms with Crippen LogP contribution in [0.3, 0.4) is 0 Å². The highest BCUT2D eigenvalue weighted by molar-refractivity contribution is 5.75. The van der Waals surface area contributed by atoms with Crippen LogP contribution in [0.1, 0.15) is 6.42 Å². The van der Waals surface area contributed by atoms with Crippen LogP contribution in [0.5, 0.6) is 0 Å². The van der Waals surface area contributed by atoms with Crippen LogP contribution in [0, 0.1) is 5.92 Å². The second kappa shape index (κ2) is 3.67. The molecule has 0 aromatic rings. The summed E-state index contributed by atoms with van der Waals surface area (Å²) in [4.78, 5) is 10.7. The van der Waals surface area contributed by atoms with E-state index in [1.807, 2.05) is 0 Å². The van der Waals surface area contributed by atoms with E-state index in [9.17, 15) is 14.3 Å². The van der Waals surface area contributed by atoms with Crippen molar-refractivity contribution in [3.05, 3.63) is 12.2 Å². The monoisotopic (exact) mass is 174 g/mol. The molecule has 0 aliphatic heterocycles. The predicted molar refractivity (Wildman–Crippen MR) is 40.2 cm³/mol. The van der Waals surface area contributed by atoms with E-state index >= 15 is 0 Å². The molecular formula is C8H11FO3. The lowest BCUT2D eigenvalue weighted by molar-refractivity contribution is -0.149. The van der Waals surface area contributed by atoms with Gasteiger partial charge in [0.25, 0.3) is 0 Å². The molecule has 0 radical (unpaired) electrons. The molecule has 0 spiro atoms. The first-order valence-corrected chi connectivity index (χ1v) is 3.73. The summed E-state index contributed by atoms with van der Waals surface area (Å²) in [7, 11) is 1.12. The Morgan fingerprint density at radius 2 is 2.50 bits per heavy atom. The van der Waals surface area contributed by atoms with E-state index in [2.05, 4.69) is 4.74 Å². The highest BCUT2D eigenvalue weighted by Gasteiger charge is 2.34. The Hall–Kier alpha value is -0.900. The van der Waals surface area contributed by atoms with Crippen molar-refractivity contribution in [3.63, 3.8) is 0 Å². The number of halogens is 1. The summed E-state index contributed by atoms with van der Waals surface area (Å²) in [5, 5.41) is 9.19. The van der Waals surface area contributed by atoms with Crippen LogP contribution in [0.4, 0.5) is 4.39 Å². The lowest BCUT2D eigenvalue weighted by atomic mass is 10.0. The van der Waals surface area contributed by atoms with Gasteiger partial charge in [0.2, 0.25) is 6.17 Å². The third kappa shape index (κ3) is 1.64. The fraction of sp³-hybridized carbons (Fsp3) is 0.625. The van der Waals surface area contributed by atoms with Crippen molar-refractivity contribution < 1.29 is 19.0 Å². The van der Waals surface area contributed by atoms with Crippen LogP contribution < -0.4 is 0 Å². The smallest absolute Gasteiger partial charge is 0.341 e. The normalized spacial score (nSPS) is 30.2. The zero-order valence-corrected chi connectivity index (χ0v) is 6.74. The number of hydrogen-bond acceptors (Lipinski definition) is 3. The van der Waals surface area contributed by atoms with Crippen LogP contribution in [-0.2, 0) is 9.53 Å². The first-order chi connectivity index (χ1) is 5.66. The summed E-state index contributed by atoms with van der Waals surface area (Å²) in [6.45, 7) is 0. The maximum absolute atomic E-state index is 13.1. The number of hydrogen-bond donors (Lipinski definition) is 1. The Morgan fingerprint density at radius 1 is 1.83 bits per heavy atom. The SMILES string of the molecule is COC(=O)[C@@H](F)[C@@H]1C=CC[C@H]1O. The van der Waals surface area contributed by atoms with E-state index in [0.29, 0.717) is 6.42 Å². The number of aliphatic hydroxyl groups excluding tert-OH is 1. The summed E-state index contributed by atoms with van der Waals surface area (Å²) in [6, 6.07) is 0. The molecule has 0 saturated carbocycles. The second-order valence-corrected chi connectivity index (χ2v) is 2.73. The largest absolute Gasteiger partial charge is 0.467 e. The van der Waals surface area contributed by atoms with E-state index in [1.165, 1.54) is 6.08 Å². The predicted octanol–water partition coefficient (Wildman–Crippen LogP) is 0.434. The summed E-state index contributed by atoms with van der Waals surface area (Å²) >= 11 is 0. The van der Waals surface area contributed by atoms with Gasteiger partial charge >= 0.3 is 5.97 Å². The summed E-state index contributed by atoms with van der Waals surface area (Å²) < 4.78 is 17.3. The average molecular weight is 174 g/mol. The van der Waals surface area contributed by atoms with E-state index < -0.39 is 24.2 Å². The molecule has 0 amide bonds. The van der Waals surface area contributed by atoms with Gasteiger partial charge in [0.1, 0.15) is 0 Å². The van der Waals surface area contributed by atoms with Gasteiger partial charge in [-0.05, 0) is 6.42 Å². The number of alkyl halides is 1. The Kier molecular flexibility index (Phi) is 2.81. The van der Waals surface area contributed by atoms with Gasteiger partial charge in [-0.3, -0.25) is 0 Å². The molecule has 1 rings (SSSR count). The van der Waals surface area contributed by atoms with E-state index in [1.54, 1.807) is 6.08 Å². The number of aliphatic hydroxyl groups is 1. The number of esters is 1. The Bertz CT molecular complexity index is 202. The molecule has 1 N–H and O–H groups in total. The van der Waals surface area contributed by atoms with Gasteiger partial charge in [0, 0.05) is 5.92 Å². The molecule has 3 atom stereocenters. The molecular weight excluding hydrogens is 163 g/mol. The summed E-state index contributed by atoms with van der Waals surface area (Å²) in [5.74, 6) is -1.66. The van der Waals surface area contributed by atoms with Crippen LogP contribution >= 0.6 is 0 Å². The van der Waals surface area contributed by atoms with Crippen molar-refractivity contribution in [2.75, 3.05) is 7.11 Å². The molecule has 0 fully saturated rings. The van der Waals surface area contributed by atoms with Crippen molar-refractivity contribution in [3.8, 4) is 0 Å². The molecule has 68 valence electrons. The molecule has 1 aliphatic rings. The van der Waals surface area contributed by atoms with Gasteiger partial charge in [0.15, 0.2) is 0 Å². The highest BCUT2D eigenvalue weighted by Crippen LogP contribution is 2.24.